The molecule has 1 saturated carbocycles. The van der Waals surface area contributed by atoms with Gasteiger partial charge in [-0.25, -0.2) is 4.98 Å². The van der Waals surface area contributed by atoms with E-state index >= 15 is 0 Å². The van der Waals surface area contributed by atoms with E-state index in [1.54, 1.807) is 0 Å². The van der Waals surface area contributed by atoms with Crippen LogP contribution in [-0.2, 0) is 19.5 Å². The maximum absolute atomic E-state index is 12.3. The summed E-state index contributed by atoms with van der Waals surface area (Å²) in [5.41, 5.74) is 4.32. The van der Waals surface area contributed by atoms with Gasteiger partial charge in [0.15, 0.2) is 0 Å². The highest BCUT2D eigenvalue weighted by atomic mass is 16.1. The van der Waals surface area contributed by atoms with Crippen molar-refractivity contribution in [1.29, 1.82) is 0 Å². The Hall–Kier alpha value is -2.40. The molecule has 0 unspecified atom stereocenters. The minimum Gasteiger partial charge on any atom is -0.357 e. The number of aromatic amines is 2. The largest absolute Gasteiger partial charge is 0.357 e. The van der Waals surface area contributed by atoms with E-state index in [1.165, 1.54) is 16.6 Å². The summed E-state index contributed by atoms with van der Waals surface area (Å²) in [6.45, 7) is 2.52. The number of rotatable bonds is 3. The van der Waals surface area contributed by atoms with Gasteiger partial charge in [0.1, 0.15) is 5.82 Å². The number of benzene rings is 1. The van der Waals surface area contributed by atoms with Crippen LogP contribution in [0.4, 0.5) is 0 Å². The number of fused-ring (bicyclic) bond motifs is 2. The number of nitrogens with zero attached hydrogens (tertiary/aromatic N) is 2. The molecule has 0 saturated heterocycles. The summed E-state index contributed by atoms with van der Waals surface area (Å²) >= 11 is 0. The van der Waals surface area contributed by atoms with Crippen molar-refractivity contribution in [3.63, 3.8) is 0 Å². The molecular formula is C19H20N4O. The molecule has 0 radical (unpaired) electrons. The average molecular weight is 320 g/mol. The first kappa shape index (κ1) is 14.0. The van der Waals surface area contributed by atoms with Crippen LogP contribution in [0.25, 0.3) is 10.9 Å². The molecule has 0 atom stereocenters. The Labute approximate surface area is 139 Å². The predicted molar refractivity (Wildman–Crippen MR) is 92.9 cm³/mol. The zero-order valence-electron chi connectivity index (χ0n) is 13.5. The Balaban J connectivity index is 1.40. The summed E-state index contributed by atoms with van der Waals surface area (Å²) in [6.07, 6.45) is 3.09. The molecule has 0 spiro atoms. The lowest BCUT2D eigenvalue weighted by Crippen LogP contribution is -2.35. The number of hydrogen-bond acceptors (Lipinski definition) is 3. The zero-order chi connectivity index (χ0) is 16.1. The van der Waals surface area contributed by atoms with Crippen molar-refractivity contribution in [3.8, 4) is 0 Å². The monoisotopic (exact) mass is 320 g/mol. The number of hydrogen-bond donors (Lipinski definition) is 2. The number of aromatic nitrogens is 3. The van der Waals surface area contributed by atoms with E-state index in [0.29, 0.717) is 5.92 Å². The van der Waals surface area contributed by atoms with Gasteiger partial charge in [0.25, 0.3) is 5.56 Å². The van der Waals surface area contributed by atoms with Crippen LogP contribution in [0.5, 0.6) is 0 Å². The van der Waals surface area contributed by atoms with Crippen LogP contribution in [0.1, 0.15) is 41.5 Å². The topological polar surface area (TPSA) is 64.8 Å². The van der Waals surface area contributed by atoms with E-state index in [1.807, 2.05) is 0 Å². The molecule has 3 heterocycles. The Morgan fingerprint density at radius 2 is 2.08 bits per heavy atom. The second-order valence-electron chi connectivity index (χ2n) is 6.99. The van der Waals surface area contributed by atoms with Crippen molar-refractivity contribution in [3.05, 3.63) is 63.5 Å². The van der Waals surface area contributed by atoms with Crippen LogP contribution in [0.3, 0.4) is 0 Å². The van der Waals surface area contributed by atoms with Gasteiger partial charge in [0.05, 0.1) is 5.69 Å². The number of para-hydroxylation sites is 1. The van der Waals surface area contributed by atoms with Crippen molar-refractivity contribution in [2.75, 3.05) is 6.54 Å². The predicted octanol–water partition coefficient (Wildman–Crippen LogP) is 2.69. The van der Waals surface area contributed by atoms with Gasteiger partial charge in [-0.3, -0.25) is 9.69 Å². The van der Waals surface area contributed by atoms with Gasteiger partial charge in [0.2, 0.25) is 0 Å². The molecule has 122 valence electrons. The minimum absolute atomic E-state index is 0.0761. The van der Waals surface area contributed by atoms with Gasteiger partial charge in [-0.05, 0) is 36.8 Å². The first-order chi connectivity index (χ1) is 11.8. The van der Waals surface area contributed by atoms with Crippen molar-refractivity contribution in [2.45, 2.75) is 38.3 Å². The molecule has 5 nitrogen and oxygen atoms in total. The number of nitrogens with one attached hydrogen (secondary N) is 2. The van der Waals surface area contributed by atoms with Gasteiger partial charge in [-0.1, -0.05) is 18.2 Å². The minimum atomic E-state index is 0.0761. The van der Waals surface area contributed by atoms with Crippen LogP contribution in [-0.4, -0.2) is 26.4 Å². The van der Waals surface area contributed by atoms with E-state index in [-0.39, 0.29) is 5.56 Å². The van der Waals surface area contributed by atoms with Gasteiger partial charge in [-0.15, -0.1) is 0 Å². The Morgan fingerprint density at radius 3 is 2.92 bits per heavy atom. The second-order valence-corrected chi connectivity index (χ2v) is 6.99. The second kappa shape index (κ2) is 5.31. The quantitative estimate of drug-likeness (QED) is 0.780. The van der Waals surface area contributed by atoms with Crippen LogP contribution in [0.15, 0.2) is 35.1 Å². The molecule has 3 aromatic rings. The highest BCUT2D eigenvalue weighted by Crippen LogP contribution is 2.37. The highest BCUT2D eigenvalue weighted by Gasteiger charge is 2.29. The lowest BCUT2D eigenvalue weighted by atomic mass is 10.1. The Kier molecular flexibility index (Phi) is 3.10. The molecule has 2 aliphatic rings. The van der Waals surface area contributed by atoms with Crippen molar-refractivity contribution >= 4 is 10.9 Å². The third-order valence-corrected chi connectivity index (χ3v) is 5.11. The van der Waals surface area contributed by atoms with E-state index < -0.39 is 0 Å². The van der Waals surface area contributed by atoms with E-state index in [0.717, 1.165) is 56.0 Å². The van der Waals surface area contributed by atoms with E-state index in [4.69, 9.17) is 4.98 Å². The van der Waals surface area contributed by atoms with Crippen molar-refractivity contribution in [1.82, 2.24) is 19.9 Å². The normalized spacial score (nSPS) is 18.0. The summed E-state index contributed by atoms with van der Waals surface area (Å²) < 4.78 is 0. The van der Waals surface area contributed by atoms with Gasteiger partial charge >= 0.3 is 0 Å². The molecular weight excluding hydrogens is 300 g/mol. The molecule has 1 aliphatic carbocycles. The zero-order valence-corrected chi connectivity index (χ0v) is 13.5. The third kappa shape index (κ3) is 2.45. The standard InChI is InChI=1S/C19H20N4O/c24-19-15-7-8-23(11-17(15)21-18(22-19)12-5-6-12)10-14-9-13-3-1-2-4-16(13)20-14/h1-4,9,12,20H,5-8,10-11H2,(H,21,22,24). The summed E-state index contributed by atoms with van der Waals surface area (Å²) in [7, 11) is 0. The van der Waals surface area contributed by atoms with Crippen LogP contribution in [0.2, 0.25) is 0 Å². The molecule has 1 aromatic carbocycles. The average Bonchev–Trinajstić information content (AvgIpc) is 3.35. The van der Waals surface area contributed by atoms with Gasteiger partial charge in [-0.2, -0.15) is 0 Å². The fraction of sp³-hybridized carbons (Fsp3) is 0.368. The third-order valence-electron chi connectivity index (χ3n) is 5.11. The van der Waals surface area contributed by atoms with Gasteiger partial charge in [0, 0.05) is 42.3 Å². The maximum Gasteiger partial charge on any atom is 0.254 e. The SMILES string of the molecule is O=c1[nH]c(C2CC2)nc2c1CCN(Cc1cc3ccccc3[nH]1)C2. The molecule has 5 rings (SSSR count). The van der Waals surface area contributed by atoms with E-state index in [9.17, 15) is 4.79 Å². The molecule has 24 heavy (non-hydrogen) atoms. The van der Waals surface area contributed by atoms with Crippen LogP contribution < -0.4 is 5.56 Å². The molecule has 1 fully saturated rings. The first-order valence-electron chi connectivity index (χ1n) is 8.67. The summed E-state index contributed by atoms with van der Waals surface area (Å²) in [6, 6.07) is 10.6. The fourth-order valence-corrected chi connectivity index (χ4v) is 3.66. The van der Waals surface area contributed by atoms with Crippen molar-refractivity contribution in [2.24, 2.45) is 0 Å². The van der Waals surface area contributed by atoms with Crippen LogP contribution >= 0.6 is 0 Å². The summed E-state index contributed by atoms with van der Waals surface area (Å²) in [5, 5.41) is 1.25. The van der Waals surface area contributed by atoms with E-state index in [2.05, 4.69) is 45.2 Å². The molecule has 5 heteroatoms. The smallest absolute Gasteiger partial charge is 0.254 e. The summed E-state index contributed by atoms with van der Waals surface area (Å²) in [5.74, 6) is 1.37. The molecule has 2 aromatic heterocycles. The highest BCUT2D eigenvalue weighted by molar-refractivity contribution is 5.80. The maximum atomic E-state index is 12.3. The fourth-order valence-electron chi connectivity index (χ4n) is 3.66. The Morgan fingerprint density at radius 1 is 1.21 bits per heavy atom. The summed E-state index contributed by atoms with van der Waals surface area (Å²) in [4.78, 5) is 25.9. The lowest BCUT2D eigenvalue weighted by Gasteiger charge is -2.27. The Bertz CT molecular complexity index is 934. The van der Waals surface area contributed by atoms with Crippen molar-refractivity contribution < 1.29 is 0 Å². The molecule has 1 aliphatic heterocycles. The first-order valence-corrected chi connectivity index (χ1v) is 8.67. The molecule has 2 N–H and O–H groups in total. The van der Waals surface area contributed by atoms with Gasteiger partial charge < -0.3 is 9.97 Å². The number of H-pyrrole nitrogens is 2. The van der Waals surface area contributed by atoms with Crippen LogP contribution in [0, 0.1) is 0 Å². The molecule has 0 bridgehead atoms. The molecule has 0 amide bonds. The lowest BCUT2D eigenvalue weighted by molar-refractivity contribution is 0.238.